The van der Waals surface area contributed by atoms with Crippen molar-refractivity contribution < 1.29 is 14.3 Å². The van der Waals surface area contributed by atoms with Gasteiger partial charge in [0.05, 0.1) is 12.7 Å². The molecule has 0 saturated heterocycles. The highest BCUT2D eigenvalue weighted by atomic mass is 16.5. The van der Waals surface area contributed by atoms with Crippen LogP contribution in [0.2, 0.25) is 0 Å². The van der Waals surface area contributed by atoms with Crippen molar-refractivity contribution in [2.24, 2.45) is 5.92 Å². The minimum Gasteiger partial charge on any atom is -0.493 e. The Labute approximate surface area is 173 Å². The number of ether oxygens (including phenoxy) is 2. The van der Waals surface area contributed by atoms with Gasteiger partial charge in [-0.25, -0.2) is 4.79 Å². The highest BCUT2D eigenvalue weighted by Gasteiger charge is 2.20. The van der Waals surface area contributed by atoms with Gasteiger partial charge < -0.3 is 20.1 Å². The summed E-state index contributed by atoms with van der Waals surface area (Å²) in [6.45, 7) is 7.34. The molecular formula is C24H32N2O3. The van der Waals surface area contributed by atoms with Crippen LogP contribution >= 0.6 is 0 Å². The third-order valence-corrected chi connectivity index (χ3v) is 5.05. The predicted octanol–water partition coefficient (Wildman–Crippen LogP) is 4.35. The molecule has 156 valence electrons. The van der Waals surface area contributed by atoms with Gasteiger partial charge in [0, 0.05) is 18.5 Å². The molecule has 5 nitrogen and oxygen atoms in total. The molecule has 0 aromatic heterocycles. The molecule has 1 heterocycles. The second-order valence-electron chi connectivity index (χ2n) is 8.09. The molecule has 2 amide bonds. The lowest BCUT2D eigenvalue weighted by Gasteiger charge is -2.25. The Morgan fingerprint density at radius 2 is 1.90 bits per heavy atom. The van der Waals surface area contributed by atoms with Gasteiger partial charge in [-0.1, -0.05) is 30.3 Å². The van der Waals surface area contributed by atoms with Crippen molar-refractivity contribution in [1.82, 2.24) is 10.6 Å². The quantitative estimate of drug-likeness (QED) is 0.698. The lowest BCUT2D eigenvalue weighted by atomic mass is 9.97. The van der Waals surface area contributed by atoms with E-state index in [0.717, 1.165) is 30.8 Å². The summed E-state index contributed by atoms with van der Waals surface area (Å²) in [7, 11) is 0. The topological polar surface area (TPSA) is 59.6 Å². The van der Waals surface area contributed by atoms with Gasteiger partial charge in [0.25, 0.3) is 0 Å². The zero-order chi connectivity index (χ0) is 20.6. The molecule has 2 N–H and O–H groups in total. The average Bonchev–Trinajstić information content (AvgIpc) is 2.71. The van der Waals surface area contributed by atoms with Crippen LogP contribution in [0.4, 0.5) is 4.79 Å². The molecule has 0 fully saturated rings. The number of fused-ring (bicyclic) bond motifs is 1. The molecule has 0 spiro atoms. The molecule has 5 heteroatoms. The number of amides is 2. The van der Waals surface area contributed by atoms with Gasteiger partial charge in [-0.2, -0.15) is 0 Å². The average molecular weight is 397 g/mol. The summed E-state index contributed by atoms with van der Waals surface area (Å²) in [5.41, 5.74) is 2.46. The van der Waals surface area contributed by atoms with Gasteiger partial charge in [0.2, 0.25) is 0 Å². The Kier molecular flexibility index (Phi) is 7.39. The van der Waals surface area contributed by atoms with Crippen molar-refractivity contribution in [1.29, 1.82) is 0 Å². The first kappa shape index (κ1) is 21.0. The molecule has 2 atom stereocenters. The van der Waals surface area contributed by atoms with Crippen molar-refractivity contribution in [2.45, 2.75) is 52.2 Å². The first-order valence-corrected chi connectivity index (χ1v) is 10.5. The summed E-state index contributed by atoms with van der Waals surface area (Å²) in [6.07, 6.45) is 2.91. The van der Waals surface area contributed by atoms with E-state index >= 15 is 0 Å². The van der Waals surface area contributed by atoms with Crippen LogP contribution in [0, 0.1) is 5.92 Å². The maximum Gasteiger partial charge on any atom is 0.315 e. The Morgan fingerprint density at radius 3 is 2.66 bits per heavy atom. The molecule has 0 bridgehead atoms. The lowest BCUT2D eigenvalue weighted by molar-refractivity contribution is 0.210. The third-order valence-electron chi connectivity index (χ3n) is 5.05. The first-order valence-electron chi connectivity index (χ1n) is 10.5. The minimum atomic E-state index is -0.114. The molecule has 1 aliphatic heterocycles. The lowest BCUT2D eigenvalue weighted by Crippen LogP contribution is -2.44. The number of aryl methyl sites for hydroxylation is 1. The summed E-state index contributed by atoms with van der Waals surface area (Å²) in [6, 6.07) is 16.3. The summed E-state index contributed by atoms with van der Waals surface area (Å²) in [5, 5.41) is 6.02. The Morgan fingerprint density at radius 1 is 1.14 bits per heavy atom. The van der Waals surface area contributed by atoms with E-state index in [0.29, 0.717) is 19.1 Å². The maximum absolute atomic E-state index is 12.2. The van der Waals surface area contributed by atoms with Gasteiger partial charge in [0.1, 0.15) is 11.5 Å². The SMILES string of the molecule is CC(CCc1ccc(OC(C)C)cc1)NC(=O)NCC1COc2ccccc2C1. The molecule has 1 aliphatic rings. The Hall–Kier alpha value is -2.69. The number of urea groups is 1. The fraction of sp³-hybridized carbons (Fsp3) is 0.458. The fourth-order valence-corrected chi connectivity index (χ4v) is 3.50. The van der Waals surface area contributed by atoms with E-state index in [1.807, 2.05) is 51.1 Å². The van der Waals surface area contributed by atoms with E-state index in [9.17, 15) is 4.79 Å². The highest BCUT2D eigenvalue weighted by Crippen LogP contribution is 2.26. The second-order valence-corrected chi connectivity index (χ2v) is 8.09. The fourth-order valence-electron chi connectivity index (χ4n) is 3.50. The molecule has 0 saturated carbocycles. The van der Waals surface area contributed by atoms with Crippen LogP contribution in [-0.4, -0.2) is 31.3 Å². The molecular weight excluding hydrogens is 364 g/mol. The van der Waals surface area contributed by atoms with Gasteiger partial charge in [-0.05, 0) is 69.4 Å². The van der Waals surface area contributed by atoms with E-state index in [4.69, 9.17) is 9.47 Å². The number of para-hydroxylation sites is 1. The zero-order valence-electron chi connectivity index (χ0n) is 17.6. The number of benzene rings is 2. The van der Waals surface area contributed by atoms with Crippen molar-refractivity contribution >= 4 is 6.03 Å². The van der Waals surface area contributed by atoms with Crippen LogP contribution in [0.1, 0.15) is 38.3 Å². The molecule has 2 aromatic rings. The second kappa shape index (κ2) is 10.2. The van der Waals surface area contributed by atoms with Crippen molar-refractivity contribution in [3.8, 4) is 11.5 Å². The van der Waals surface area contributed by atoms with Crippen LogP contribution in [0.5, 0.6) is 11.5 Å². The van der Waals surface area contributed by atoms with Crippen molar-refractivity contribution in [3.63, 3.8) is 0 Å². The van der Waals surface area contributed by atoms with Gasteiger partial charge in [-0.15, -0.1) is 0 Å². The third kappa shape index (κ3) is 6.70. The number of nitrogens with one attached hydrogen (secondary N) is 2. The molecule has 0 aliphatic carbocycles. The number of carbonyl (C=O) groups is 1. The summed E-state index contributed by atoms with van der Waals surface area (Å²) in [5.74, 6) is 2.16. The van der Waals surface area contributed by atoms with E-state index < -0.39 is 0 Å². The van der Waals surface area contributed by atoms with Crippen LogP contribution in [-0.2, 0) is 12.8 Å². The number of rotatable bonds is 8. The first-order chi connectivity index (χ1) is 14.0. The highest BCUT2D eigenvalue weighted by molar-refractivity contribution is 5.74. The summed E-state index contributed by atoms with van der Waals surface area (Å²) < 4.78 is 11.5. The molecule has 2 aromatic carbocycles. The maximum atomic E-state index is 12.2. The molecule has 3 rings (SSSR count). The number of hydrogen-bond acceptors (Lipinski definition) is 3. The molecule has 0 radical (unpaired) electrons. The smallest absolute Gasteiger partial charge is 0.315 e. The summed E-state index contributed by atoms with van der Waals surface area (Å²) >= 11 is 0. The van der Waals surface area contributed by atoms with E-state index in [2.05, 4.69) is 28.8 Å². The predicted molar refractivity (Wildman–Crippen MR) is 116 cm³/mol. The Bertz CT molecular complexity index is 789. The van der Waals surface area contributed by atoms with Gasteiger partial charge in [-0.3, -0.25) is 0 Å². The molecule has 2 unspecified atom stereocenters. The van der Waals surface area contributed by atoms with Crippen LogP contribution in [0.15, 0.2) is 48.5 Å². The standard InChI is InChI=1S/C24H32N2O3/c1-17(2)29-22-12-10-19(11-13-22)9-8-18(3)26-24(27)25-15-20-14-21-6-4-5-7-23(21)28-16-20/h4-7,10-13,17-18,20H,8-9,14-16H2,1-3H3,(H2,25,26,27). The minimum absolute atomic E-state index is 0.102. The van der Waals surface area contributed by atoms with E-state index in [1.54, 1.807) is 0 Å². The van der Waals surface area contributed by atoms with Gasteiger partial charge >= 0.3 is 6.03 Å². The largest absolute Gasteiger partial charge is 0.493 e. The molecule has 29 heavy (non-hydrogen) atoms. The van der Waals surface area contributed by atoms with Crippen molar-refractivity contribution in [2.75, 3.05) is 13.2 Å². The number of carbonyl (C=O) groups excluding carboxylic acids is 1. The van der Waals surface area contributed by atoms with Crippen LogP contribution in [0.25, 0.3) is 0 Å². The van der Waals surface area contributed by atoms with Crippen LogP contribution < -0.4 is 20.1 Å². The summed E-state index contributed by atoms with van der Waals surface area (Å²) in [4.78, 5) is 12.2. The zero-order valence-corrected chi connectivity index (χ0v) is 17.6. The monoisotopic (exact) mass is 396 g/mol. The van der Waals surface area contributed by atoms with Crippen molar-refractivity contribution in [3.05, 3.63) is 59.7 Å². The normalized spacial score (nSPS) is 16.5. The van der Waals surface area contributed by atoms with Gasteiger partial charge in [0.15, 0.2) is 0 Å². The van der Waals surface area contributed by atoms with E-state index in [1.165, 1.54) is 11.1 Å². The number of hydrogen-bond donors (Lipinski definition) is 2. The Balaban J connectivity index is 1.35. The van der Waals surface area contributed by atoms with E-state index in [-0.39, 0.29) is 18.2 Å². The van der Waals surface area contributed by atoms with Crippen LogP contribution in [0.3, 0.4) is 0 Å².